The van der Waals surface area contributed by atoms with Gasteiger partial charge in [0.05, 0.1) is 11.6 Å². The minimum Gasteiger partial charge on any atom is -0.497 e. The molecule has 31 heavy (non-hydrogen) atoms. The largest absolute Gasteiger partial charge is 0.497 e. The van der Waals surface area contributed by atoms with E-state index in [1.54, 1.807) is 14.2 Å². The monoisotopic (exact) mass is 489 g/mol. The summed E-state index contributed by atoms with van der Waals surface area (Å²) in [4.78, 5) is 25.6. The molecule has 0 aromatic heterocycles. The number of carbonyl (C=O) groups excluding carboxylic acids is 2. The highest BCUT2D eigenvalue weighted by molar-refractivity contribution is 9.10. The molecule has 0 fully saturated rings. The molecule has 162 valence electrons. The number of esters is 1. The highest BCUT2D eigenvalue weighted by Crippen LogP contribution is 2.25. The second-order valence-corrected chi connectivity index (χ2v) is 7.68. The van der Waals surface area contributed by atoms with Gasteiger partial charge >= 0.3 is 5.97 Å². The quantitative estimate of drug-likeness (QED) is 0.440. The van der Waals surface area contributed by atoms with Crippen LogP contribution >= 0.6 is 15.9 Å². The van der Waals surface area contributed by atoms with Crippen molar-refractivity contribution in [3.63, 3.8) is 0 Å². The van der Waals surface area contributed by atoms with Crippen LogP contribution in [0.1, 0.15) is 5.56 Å². The molecule has 8 heteroatoms. The molecule has 0 heterocycles. The Bertz CT molecular complexity index is 1100. The molecule has 0 aliphatic heterocycles. The van der Waals surface area contributed by atoms with Crippen molar-refractivity contribution < 1.29 is 28.2 Å². The molecule has 6 nitrogen and oxygen atoms in total. The van der Waals surface area contributed by atoms with Gasteiger partial charge in [0.15, 0.2) is 13.2 Å². The fourth-order valence-corrected chi connectivity index (χ4v) is 3.35. The molecule has 0 aliphatic carbocycles. The molecule has 0 aliphatic rings. The van der Waals surface area contributed by atoms with Crippen molar-refractivity contribution in [2.75, 3.05) is 27.4 Å². The molecule has 3 rings (SSSR count). The van der Waals surface area contributed by atoms with E-state index in [1.165, 1.54) is 23.1 Å². The zero-order valence-electron chi connectivity index (χ0n) is 17.1. The Morgan fingerprint density at radius 3 is 2.48 bits per heavy atom. The number of amides is 1. The number of methoxy groups -OCH3 is 1. The number of halogens is 2. The summed E-state index contributed by atoms with van der Waals surface area (Å²) in [5.74, 6) is -0.383. The summed E-state index contributed by atoms with van der Waals surface area (Å²) < 4.78 is 28.9. The third kappa shape index (κ3) is 6.18. The molecule has 0 spiro atoms. The summed E-state index contributed by atoms with van der Waals surface area (Å²) in [6, 6.07) is 15.5. The van der Waals surface area contributed by atoms with E-state index in [-0.39, 0.29) is 5.91 Å². The molecule has 0 N–H and O–H groups in total. The van der Waals surface area contributed by atoms with E-state index in [0.29, 0.717) is 16.8 Å². The Labute approximate surface area is 187 Å². The molecule has 0 bridgehead atoms. The maximum Gasteiger partial charge on any atom is 0.344 e. The lowest BCUT2D eigenvalue weighted by Gasteiger charge is -2.18. The first-order chi connectivity index (χ1) is 14.9. The normalized spacial score (nSPS) is 10.6. The third-order valence-corrected chi connectivity index (χ3v) is 5.17. The van der Waals surface area contributed by atoms with E-state index in [4.69, 9.17) is 14.2 Å². The molecule has 0 saturated carbocycles. The van der Waals surface area contributed by atoms with Crippen molar-refractivity contribution in [3.8, 4) is 11.5 Å². The topological polar surface area (TPSA) is 65.1 Å². The van der Waals surface area contributed by atoms with Crippen LogP contribution in [0.2, 0.25) is 0 Å². The van der Waals surface area contributed by atoms with Crippen molar-refractivity contribution in [2.45, 2.75) is 6.54 Å². The SMILES string of the molecule is COc1ccc2cc(CN(C)C(=O)COC(=O)COc3ccc(F)cc3Br)ccc2c1. The molecule has 0 radical (unpaired) electrons. The lowest BCUT2D eigenvalue weighted by Crippen LogP contribution is -2.31. The van der Waals surface area contributed by atoms with Crippen LogP contribution in [0.4, 0.5) is 4.39 Å². The van der Waals surface area contributed by atoms with Crippen LogP contribution in [0.3, 0.4) is 0 Å². The molecular formula is C23H21BrFNO5. The van der Waals surface area contributed by atoms with Crippen LogP contribution in [-0.2, 0) is 20.9 Å². The minimum absolute atomic E-state index is 0.302. The Kier molecular flexibility index (Phi) is 7.46. The highest BCUT2D eigenvalue weighted by Gasteiger charge is 2.14. The molecule has 0 saturated heterocycles. The van der Waals surface area contributed by atoms with Gasteiger partial charge in [-0.05, 0) is 68.7 Å². The predicted molar refractivity (Wildman–Crippen MR) is 118 cm³/mol. The number of likely N-dealkylation sites (N-methyl/N-ethyl adjacent to an activating group) is 1. The van der Waals surface area contributed by atoms with Crippen LogP contribution in [0.25, 0.3) is 10.8 Å². The smallest absolute Gasteiger partial charge is 0.344 e. The molecule has 0 atom stereocenters. The van der Waals surface area contributed by atoms with Gasteiger partial charge in [-0.3, -0.25) is 4.79 Å². The van der Waals surface area contributed by atoms with Crippen LogP contribution in [0.15, 0.2) is 59.1 Å². The Hall–Kier alpha value is -3.13. The summed E-state index contributed by atoms with van der Waals surface area (Å²) in [5.41, 5.74) is 0.948. The van der Waals surface area contributed by atoms with Crippen LogP contribution in [0, 0.1) is 5.82 Å². The number of hydrogen-bond acceptors (Lipinski definition) is 5. The number of hydrogen-bond donors (Lipinski definition) is 0. The van der Waals surface area contributed by atoms with Crippen molar-refractivity contribution in [1.29, 1.82) is 0 Å². The summed E-state index contributed by atoms with van der Waals surface area (Å²) in [6.45, 7) is -0.416. The van der Waals surface area contributed by atoms with Gasteiger partial charge in [-0.15, -0.1) is 0 Å². The van der Waals surface area contributed by atoms with E-state index in [0.717, 1.165) is 22.1 Å². The average Bonchev–Trinajstić information content (AvgIpc) is 2.76. The molecular weight excluding hydrogens is 469 g/mol. The van der Waals surface area contributed by atoms with E-state index >= 15 is 0 Å². The van der Waals surface area contributed by atoms with Gasteiger partial charge in [-0.1, -0.05) is 18.2 Å². The molecule has 1 amide bonds. The molecule has 3 aromatic carbocycles. The van der Waals surface area contributed by atoms with Gasteiger partial charge in [-0.25, -0.2) is 9.18 Å². The molecule has 3 aromatic rings. The Morgan fingerprint density at radius 1 is 1.00 bits per heavy atom. The third-order valence-electron chi connectivity index (χ3n) is 4.55. The van der Waals surface area contributed by atoms with Gasteiger partial charge < -0.3 is 19.1 Å². The number of fused-ring (bicyclic) bond motifs is 1. The maximum atomic E-state index is 13.1. The Morgan fingerprint density at radius 2 is 1.74 bits per heavy atom. The van der Waals surface area contributed by atoms with Gasteiger partial charge in [0.2, 0.25) is 0 Å². The van der Waals surface area contributed by atoms with E-state index in [2.05, 4.69) is 15.9 Å². The van der Waals surface area contributed by atoms with Crippen molar-refractivity contribution in [3.05, 3.63) is 70.5 Å². The van der Waals surface area contributed by atoms with E-state index in [9.17, 15) is 14.0 Å². The average molecular weight is 490 g/mol. The number of carbonyl (C=O) groups is 2. The highest BCUT2D eigenvalue weighted by atomic mass is 79.9. The lowest BCUT2D eigenvalue weighted by molar-refractivity contribution is -0.153. The van der Waals surface area contributed by atoms with Crippen molar-refractivity contribution in [2.24, 2.45) is 0 Å². The zero-order chi connectivity index (χ0) is 22.4. The second-order valence-electron chi connectivity index (χ2n) is 6.82. The standard InChI is InChI=1S/C23H21BrFNO5/c1-26(12-15-3-4-17-10-19(29-2)7-5-16(17)9-15)22(27)13-31-23(28)14-30-21-8-6-18(25)11-20(21)24/h3-11H,12-14H2,1-2H3. The van der Waals surface area contributed by atoms with Crippen LogP contribution < -0.4 is 9.47 Å². The van der Waals surface area contributed by atoms with E-state index < -0.39 is 25.0 Å². The Balaban J connectivity index is 1.48. The van der Waals surface area contributed by atoms with E-state index in [1.807, 2.05) is 36.4 Å². The first-order valence-corrected chi connectivity index (χ1v) is 10.2. The first kappa shape index (κ1) is 22.6. The zero-order valence-corrected chi connectivity index (χ0v) is 18.6. The first-order valence-electron chi connectivity index (χ1n) is 9.40. The molecule has 0 unspecified atom stereocenters. The number of benzene rings is 3. The lowest BCUT2D eigenvalue weighted by atomic mass is 10.1. The van der Waals surface area contributed by atoms with Gasteiger partial charge in [-0.2, -0.15) is 0 Å². The number of nitrogens with zero attached hydrogens (tertiary/aromatic N) is 1. The maximum absolute atomic E-state index is 13.1. The van der Waals surface area contributed by atoms with Crippen molar-refractivity contribution >= 4 is 38.6 Å². The van der Waals surface area contributed by atoms with Gasteiger partial charge in [0, 0.05) is 13.6 Å². The summed E-state index contributed by atoms with van der Waals surface area (Å²) in [6.07, 6.45) is 0. The fraction of sp³-hybridized carbons (Fsp3) is 0.217. The second kappa shape index (κ2) is 10.3. The van der Waals surface area contributed by atoms with Crippen LogP contribution in [0.5, 0.6) is 11.5 Å². The van der Waals surface area contributed by atoms with Crippen LogP contribution in [-0.4, -0.2) is 44.1 Å². The van der Waals surface area contributed by atoms with Gasteiger partial charge in [0.25, 0.3) is 5.91 Å². The summed E-state index contributed by atoms with van der Waals surface area (Å²) in [7, 11) is 3.26. The van der Waals surface area contributed by atoms with Gasteiger partial charge in [0.1, 0.15) is 17.3 Å². The van der Waals surface area contributed by atoms with Crippen molar-refractivity contribution in [1.82, 2.24) is 4.90 Å². The summed E-state index contributed by atoms with van der Waals surface area (Å²) >= 11 is 3.15. The summed E-state index contributed by atoms with van der Waals surface area (Å²) in [5, 5.41) is 2.08. The fourth-order valence-electron chi connectivity index (χ4n) is 2.88. The predicted octanol–water partition coefficient (Wildman–Crippen LogP) is 4.33. The number of rotatable bonds is 8. The number of ether oxygens (including phenoxy) is 3. The minimum atomic E-state index is -0.697.